The number of rotatable bonds is 4. The summed E-state index contributed by atoms with van der Waals surface area (Å²) in [4.78, 5) is 14.5. The molecule has 0 saturated carbocycles. The summed E-state index contributed by atoms with van der Waals surface area (Å²) < 4.78 is 10.7. The van der Waals surface area contributed by atoms with Gasteiger partial charge < -0.3 is 14.2 Å². The molecular formula is C18H23N3O3. The Hall–Kier alpha value is -2.50. The maximum atomic E-state index is 12.7. The number of urea groups is 1. The lowest BCUT2D eigenvalue weighted by Crippen LogP contribution is -2.34. The summed E-state index contributed by atoms with van der Waals surface area (Å²) >= 11 is 0. The second kappa shape index (κ2) is 6.95. The minimum absolute atomic E-state index is 0.0117. The van der Waals surface area contributed by atoms with Crippen molar-refractivity contribution in [3.63, 3.8) is 0 Å². The quantitative estimate of drug-likeness (QED) is 0.914. The number of ether oxygens (including phenoxy) is 1. The zero-order chi connectivity index (χ0) is 17.1. The van der Waals surface area contributed by atoms with Gasteiger partial charge in [0, 0.05) is 24.1 Å². The largest absolute Gasteiger partial charge is 0.496 e. The molecule has 24 heavy (non-hydrogen) atoms. The molecule has 1 aromatic carbocycles. The number of nitrogens with zero attached hydrogens (tertiary/aromatic N) is 2. The monoisotopic (exact) mass is 329 g/mol. The highest BCUT2D eigenvalue weighted by molar-refractivity contribution is 5.88. The molecule has 3 rings (SSSR count). The molecule has 1 atom stereocenters. The lowest BCUT2D eigenvalue weighted by Gasteiger charge is -2.26. The van der Waals surface area contributed by atoms with Gasteiger partial charge in [-0.3, -0.25) is 5.32 Å². The predicted octanol–water partition coefficient (Wildman–Crippen LogP) is 4.18. The summed E-state index contributed by atoms with van der Waals surface area (Å²) in [7, 11) is 1.65. The molecule has 1 fully saturated rings. The van der Waals surface area contributed by atoms with E-state index in [0.717, 1.165) is 29.9 Å². The summed E-state index contributed by atoms with van der Waals surface area (Å²) in [6.07, 6.45) is 1.88. The van der Waals surface area contributed by atoms with Gasteiger partial charge in [-0.25, -0.2) is 4.79 Å². The fourth-order valence-electron chi connectivity index (χ4n) is 3.08. The molecule has 1 saturated heterocycles. The number of para-hydroxylation sites is 1. The van der Waals surface area contributed by atoms with Gasteiger partial charge in [0.1, 0.15) is 11.5 Å². The first kappa shape index (κ1) is 16.4. The zero-order valence-corrected chi connectivity index (χ0v) is 14.3. The molecular weight excluding hydrogens is 306 g/mol. The maximum absolute atomic E-state index is 12.7. The molecule has 1 unspecified atom stereocenters. The number of hydrogen-bond acceptors (Lipinski definition) is 4. The van der Waals surface area contributed by atoms with E-state index in [1.54, 1.807) is 13.2 Å². The summed E-state index contributed by atoms with van der Waals surface area (Å²) in [5, 5.41) is 6.76. The van der Waals surface area contributed by atoms with Crippen molar-refractivity contribution in [3.8, 4) is 5.75 Å². The molecule has 128 valence electrons. The molecule has 1 N–H and O–H groups in total. The van der Waals surface area contributed by atoms with Crippen LogP contribution >= 0.6 is 0 Å². The summed E-state index contributed by atoms with van der Waals surface area (Å²) in [6.45, 7) is 4.75. The standard InChI is InChI=1S/C18H23N3O3/c1-12(2)16-11-17(20-24-16)19-18(22)21-10-6-8-14(21)13-7-4-5-9-15(13)23-3/h4-5,7,9,11-12,14H,6,8,10H2,1-3H3,(H,19,20,22). The van der Waals surface area contributed by atoms with Gasteiger partial charge in [-0.15, -0.1) is 0 Å². The second-order valence-electron chi connectivity index (χ2n) is 6.29. The average molecular weight is 329 g/mol. The van der Waals surface area contributed by atoms with Crippen LogP contribution < -0.4 is 10.1 Å². The number of aromatic nitrogens is 1. The zero-order valence-electron chi connectivity index (χ0n) is 14.3. The van der Waals surface area contributed by atoms with E-state index in [4.69, 9.17) is 9.26 Å². The van der Waals surface area contributed by atoms with Crippen molar-refractivity contribution >= 4 is 11.8 Å². The highest BCUT2D eigenvalue weighted by Crippen LogP contribution is 2.37. The van der Waals surface area contributed by atoms with Crippen molar-refractivity contribution in [2.75, 3.05) is 19.0 Å². The minimum atomic E-state index is -0.160. The van der Waals surface area contributed by atoms with Crippen molar-refractivity contribution in [1.29, 1.82) is 0 Å². The van der Waals surface area contributed by atoms with E-state index < -0.39 is 0 Å². The van der Waals surface area contributed by atoms with E-state index in [1.165, 1.54) is 0 Å². The van der Waals surface area contributed by atoms with E-state index in [0.29, 0.717) is 12.4 Å². The van der Waals surface area contributed by atoms with Gasteiger partial charge in [0.2, 0.25) is 0 Å². The van der Waals surface area contributed by atoms with Gasteiger partial charge in [-0.2, -0.15) is 0 Å². The first-order valence-electron chi connectivity index (χ1n) is 8.27. The molecule has 2 amide bonds. The Labute approximate surface area is 141 Å². The van der Waals surface area contributed by atoms with Crippen LogP contribution in [-0.4, -0.2) is 29.7 Å². The smallest absolute Gasteiger partial charge is 0.323 e. The SMILES string of the molecule is COc1ccccc1C1CCCN1C(=O)Nc1cc(C(C)C)on1. The van der Waals surface area contributed by atoms with Gasteiger partial charge in [-0.05, 0) is 18.9 Å². The van der Waals surface area contributed by atoms with E-state index in [2.05, 4.69) is 10.5 Å². The molecule has 0 bridgehead atoms. The lowest BCUT2D eigenvalue weighted by molar-refractivity contribution is 0.206. The van der Waals surface area contributed by atoms with Crippen LogP contribution in [0.2, 0.25) is 0 Å². The maximum Gasteiger partial charge on any atom is 0.323 e. The summed E-state index contributed by atoms with van der Waals surface area (Å²) in [6, 6.07) is 9.47. The van der Waals surface area contributed by atoms with E-state index in [9.17, 15) is 4.79 Å². The van der Waals surface area contributed by atoms with Gasteiger partial charge in [0.15, 0.2) is 5.82 Å². The van der Waals surface area contributed by atoms with Gasteiger partial charge in [0.05, 0.1) is 13.2 Å². The van der Waals surface area contributed by atoms with Crippen LogP contribution in [0.25, 0.3) is 0 Å². The van der Waals surface area contributed by atoms with Crippen molar-refractivity contribution in [2.45, 2.75) is 38.6 Å². The van der Waals surface area contributed by atoms with Gasteiger partial charge in [-0.1, -0.05) is 37.2 Å². The van der Waals surface area contributed by atoms with Crippen LogP contribution in [0, 0.1) is 0 Å². The van der Waals surface area contributed by atoms with Crippen molar-refractivity contribution in [1.82, 2.24) is 10.1 Å². The molecule has 0 spiro atoms. The number of amides is 2. The molecule has 1 aromatic heterocycles. The van der Waals surface area contributed by atoms with Crippen molar-refractivity contribution < 1.29 is 14.1 Å². The molecule has 2 heterocycles. The van der Waals surface area contributed by atoms with Crippen LogP contribution in [0.4, 0.5) is 10.6 Å². The normalized spacial score (nSPS) is 17.3. The second-order valence-corrected chi connectivity index (χ2v) is 6.29. The number of anilines is 1. The Morgan fingerprint density at radius 2 is 2.21 bits per heavy atom. The average Bonchev–Trinajstić information content (AvgIpc) is 3.24. The number of hydrogen-bond donors (Lipinski definition) is 1. The fraction of sp³-hybridized carbons (Fsp3) is 0.444. The summed E-state index contributed by atoms with van der Waals surface area (Å²) in [5.41, 5.74) is 1.04. The van der Waals surface area contributed by atoms with Crippen molar-refractivity contribution in [3.05, 3.63) is 41.7 Å². The molecule has 2 aromatic rings. The Morgan fingerprint density at radius 3 is 2.92 bits per heavy atom. The Balaban J connectivity index is 1.76. The molecule has 1 aliphatic rings. The van der Waals surface area contributed by atoms with Crippen LogP contribution in [0.3, 0.4) is 0 Å². The highest BCUT2D eigenvalue weighted by Gasteiger charge is 2.32. The third-order valence-electron chi connectivity index (χ3n) is 4.34. The molecule has 0 radical (unpaired) electrons. The van der Waals surface area contributed by atoms with Crippen LogP contribution in [0.15, 0.2) is 34.9 Å². The lowest BCUT2D eigenvalue weighted by atomic mass is 10.0. The van der Waals surface area contributed by atoms with E-state index in [1.807, 2.05) is 43.0 Å². The predicted molar refractivity (Wildman–Crippen MR) is 91.3 cm³/mol. The van der Waals surface area contributed by atoms with Crippen LogP contribution in [0.1, 0.15) is 50.0 Å². The highest BCUT2D eigenvalue weighted by atomic mass is 16.5. The van der Waals surface area contributed by atoms with E-state index in [-0.39, 0.29) is 18.0 Å². The number of methoxy groups -OCH3 is 1. The molecule has 6 nitrogen and oxygen atoms in total. The number of carbonyl (C=O) groups excluding carboxylic acids is 1. The van der Waals surface area contributed by atoms with Gasteiger partial charge in [0.25, 0.3) is 0 Å². The minimum Gasteiger partial charge on any atom is -0.496 e. The molecule has 1 aliphatic heterocycles. The molecule has 6 heteroatoms. The van der Waals surface area contributed by atoms with Gasteiger partial charge >= 0.3 is 6.03 Å². The Kier molecular flexibility index (Phi) is 4.74. The van der Waals surface area contributed by atoms with E-state index >= 15 is 0 Å². The Morgan fingerprint density at radius 1 is 1.42 bits per heavy atom. The number of nitrogens with one attached hydrogen (secondary N) is 1. The first-order chi connectivity index (χ1) is 11.6. The topological polar surface area (TPSA) is 67.6 Å². The summed E-state index contributed by atoms with van der Waals surface area (Å²) in [5.74, 6) is 2.25. The fourth-order valence-corrected chi connectivity index (χ4v) is 3.08. The third-order valence-corrected chi connectivity index (χ3v) is 4.34. The third kappa shape index (κ3) is 3.22. The van der Waals surface area contributed by atoms with Crippen LogP contribution in [0.5, 0.6) is 5.75 Å². The van der Waals surface area contributed by atoms with Crippen LogP contribution in [-0.2, 0) is 0 Å². The number of likely N-dealkylation sites (tertiary alicyclic amines) is 1. The number of carbonyl (C=O) groups is 1. The molecule has 0 aliphatic carbocycles. The van der Waals surface area contributed by atoms with Crippen molar-refractivity contribution in [2.24, 2.45) is 0 Å². The Bertz CT molecular complexity index is 711. The first-order valence-corrected chi connectivity index (χ1v) is 8.27. The number of benzene rings is 1.